The summed E-state index contributed by atoms with van der Waals surface area (Å²) in [6, 6.07) is 4.43. The number of nitrogens with one attached hydrogen (secondary N) is 1. The first-order chi connectivity index (χ1) is 9.97. The van der Waals surface area contributed by atoms with Gasteiger partial charge in [-0.1, -0.05) is 0 Å². The van der Waals surface area contributed by atoms with Gasteiger partial charge in [0.25, 0.3) is 5.91 Å². The molecule has 1 fully saturated rings. The highest BCUT2D eigenvalue weighted by Crippen LogP contribution is 2.17. The molecule has 1 aromatic rings. The largest absolute Gasteiger partial charge is 0.484 e. The number of amides is 1. The van der Waals surface area contributed by atoms with Crippen LogP contribution >= 0.6 is 0 Å². The van der Waals surface area contributed by atoms with Crippen molar-refractivity contribution in [2.24, 2.45) is 0 Å². The summed E-state index contributed by atoms with van der Waals surface area (Å²) in [5.74, 6) is -0.310. The van der Waals surface area contributed by atoms with Gasteiger partial charge in [0.2, 0.25) is 0 Å². The number of aryl methyl sites for hydroxylation is 1. The molecule has 0 radical (unpaired) electrons. The van der Waals surface area contributed by atoms with Gasteiger partial charge in [-0.15, -0.1) is 0 Å². The maximum absolute atomic E-state index is 11.7. The van der Waals surface area contributed by atoms with Crippen LogP contribution in [0.4, 0.5) is 0 Å². The summed E-state index contributed by atoms with van der Waals surface area (Å²) in [5, 5.41) is 2.55. The molecular weight excluding hydrogens is 274 g/mol. The smallest absolute Gasteiger partial charge is 0.328 e. The number of carbonyl (C=O) groups is 3. The third kappa shape index (κ3) is 3.81. The number of Topliss-reactive ketones (excluding diaryl/α,β-unsaturated/α-hetero) is 1. The third-order valence-electron chi connectivity index (χ3n) is 3.22. The summed E-state index contributed by atoms with van der Waals surface area (Å²) < 4.78 is 10.1. The molecule has 0 aliphatic carbocycles. The SMILES string of the molecule is CC(=O)c1ccc(OCC(=O)N[C@H]2CCOC2=O)cc1C. The van der Waals surface area contributed by atoms with E-state index < -0.39 is 12.0 Å². The van der Waals surface area contributed by atoms with E-state index in [0.29, 0.717) is 24.3 Å². The lowest BCUT2D eigenvalue weighted by molar-refractivity contribution is -0.141. The second-order valence-corrected chi connectivity index (χ2v) is 4.90. The van der Waals surface area contributed by atoms with E-state index in [1.165, 1.54) is 6.92 Å². The highest BCUT2D eigenvalue weighted by atomic mass is 16.5. The molecule has 1 aromatic carbocycles. The van der Waals surface area contributed by atoms with E-state index in [-0.39, 0.29) is 18.3 Å². The number of ketones is 1. The first kappa shape index (κ1) is 15.0. The Hall–Kier alpha value is -2.37. The monoisotopic (exact) mass is 291 g/mol. The van der Waals surface area contributed by atoms with Gasteiger partial charge in [0.15, 0.2) is 12.4 Å². The lowest BCUT2D eigenvalue weighted by atomic mass is 10.1. The van der Waals surface area contributed by atoms with Crippen molar-refractivity contribution < 1.29 is 23.9 Å². The normalized spacial score (nSPS) is 17.2. The summed E-state index contributed by atoms with van der Waals surface area (Å²) >= 11 is 0. The zero-order valence-corrected chi connectivity index (χ0v) is 12.0. The van der Waals surface area contributed by atoms with Crippen molar-refractivity contribution in [1.82, 2.24) is 5.32 Å². The van der Waals surface area contributed by atoms with E-state index in [2.05, 4.69) is 5.32 Å². The molecule has 0 saturated carbocycles. The fraction of sp³-hybridized carbons (Fsp3) is 0.400. The minimum atomic E-state index is -0.581. The maximum Gasteiger partial charge on any atom is 0.328 e. The zero-order chi connectivity index (χ0) is 15.4. The molecule has 1 amide bonds. The Labute approximate surface area is 122 Å². The highest BCUT2D eigenvalue weighted by molar-refractivity contribution is 5.95. The quantitative estimate of drug-likeness (QED) is 0.646. The Bertz CT molecular complexity index is 581. The van der Waals surface area contributed by atoms with Gasteiger partial charge in [0.05, 0.1) is 6.61 Å². The Morgan fingerprint density at radius 3 is 2.76 bits per heavy atom. The van der Waals surface area contributed by atoms with Gasteiger partial charge in [-0.2, -0.15) is 0 Å². The van der Waals surface area contributed by atoms with Gasteiger partial charge in [0, 0.05) is 12.0 Å². The molecular formula is C15H17NO5. The molecule has 1 heterocycles. The molecule has 1 atom stereocenters. The van der Waals surface area contributed by atoms with Crippen molar-refractivity contribution in [3.63, 3.8) is 0 Å². The number of cyclic esters (lactones) is 1. The lowest BCUT2D eigenvalue weighted by Gasteiger charge is -2.11. The minimum Gasteiger partial charge on any atom is -0.484 e. The summed E-state index contributed by atoms with van der Waals surface area (Å²) in [7, 11) is 0. The van der Waals surface area contributed by atoms with Crippen molar-refractivity contribution in [3.8, 4) is 5.75 Å². The Morgan fingerprint density at radius 2 is 2.19 bits per heavy atom. The molecule has 1 saturated heterocycles. The van der Waals surface area contributed by atoms with Gasteiger partial charge < -0.3 is 14.8 Å². The molecule has 6 heteroatoms. The molecule has 21 heavy (non-hydrogen) atoms. The van der Waals surface area contributed by atoms with Crippen LogP contribution in [0.2, 0.25) is 0 Å². The van der Waals surface area contributed by atoms with Crippen molar-refractivity contribution >= 4 is 17.7 Å². The van der Waals surface area contributed by atoms with Crippen LogP contribution in [0.25, 0.3) is 0 Å². The van der Waals surface area contributed by atoms with E-state index in [1.54, 1.807) is 25.1 Å². The van der Waals surface area contributed by atoms with Gasteiger partial charge >= 0.3 is 5.97 Å². The summed E-state index contributed by atoms with van der Waals surface area (Å²) in [6.07, 6.45) is 0.483. The van der Waals surface area contributed by atoms with E-state index in [4.69, 9.17) is 9.47 Å². The van der Waals surface area contributed by atoms with Crippen molar-refractivity contribution in [2.75, 3.05) is 13.2 Å². The third-order valence-corrected chi connectivity index (χ3v) is 3.22. The average molecular weight is 291 g/mol. The number of rotatable bonds is 5. The van der Waals surface area contributed by atoms with Crippen LogP contribution in [0.5, 0.6) is 5.75 Å². The predicted octanol–water partition coefficient (Wildman–Crippen LogP) is 1.01. The number of ether oxygens (including phenoxy) is 2. The van der Waals surface area contributed by atoms with Crippen LogP contribution in [0.1, 0.15) is 29.3 Å². The van der Waals surface area contributed by atoms with Crippen LogP contribution in [0, 0.1) is 6.92 Å². The average Bonchev–Trinajstić information content (AvgIpc) is 2.81. The second-order valence-electron chi connectivity index (χ2n) is 4.90. The fourth-order valence-corrected chi connectivity index (χ4v) is 2.13. The van der Waals surface area contributed by atoms with Crippen LogP contribution in [-0.4, -0.2) is 36.9 Å². The van der Waals surface area contributed by atoms with Gasteiger partial charge in [-0.05, 0) is 37.6 Å². The Balaban J connectivity index is 1.88. The Morgan fingerprint density at radius 1 is 1.43 bits per heavy atom. The fourth-order valence-electron chi connectivity index (χ4n) is 2.13. The lowest BCUT2D eigenvalue weighted by Crippen LogP contribution is -2.40. The predicted molar refractivity (Wildman–Crippen MR) is 74.2 cm³/mol. The van der Waals surface area contributed by atoms with Gasteiger partial charge in [-0.25, -0.2) is 4.79 Å². The van der Waals surface area contributed by atoms with Crippen LogP contribution in [-0.2, 0) is 14.3 Å². The number of esters is 1. The van der Waals surface area contributed by atoms with Gasteiger partial charge in [-0.3, -0.25) is 9.59 Å². The molecule has 1 aliphatic heterocycles. The first-order valence-electron chi connectivity index (χ1n) is 6.68. The van der Waals surface area contributed by atoms with Crippen molar-refractivity contribution in [3.05, 3.63) is 29.3 Å². The summed E-state index contributed by atoms with van der Waals surface area (Å²) in [5.41, 5.74) is 1.42. The van der Waals surface area contributed by atoms with E-state index >= 15 is 0 Å². The summed E-state index contributed by atoms with van der Waals surface area (Å²) in [6.45, 7) is 3.44. The zero-order valence-electron chi connectivity index (χ0n) is 12.0. The molecule has 0 bridgehead atoms. The Kier molecular flexibility index (Phi) is 4.57. The molecule has 1 aliphatic rings. The van der Waals surface area contributed by atoms with E-state index in [1.807, 2.05) is 0 Å². The van der Waals surface area contributed by atoms with Crippen LogP contribution < -0.4 is 10.1 Å². The van der Waals surface area contributed by atoms with Crippen LogP contribution in [0.15, 0.2) is 18.2 Å². The second kappa shape index (κ2) is 6.39. The van der Waals surface area contributed by atoms with Crippen molar-refractivity contribution in [1.29, 1.82) is 0 Å². The van der Waals surface area contributed by atoms with Gasteiger partial charge in [0.1, 0.15) is 11.8 Å². The summed E-state index contributed by atoms with van der Waals surface area (Å²) in [4.78, 5) is 34.2. The number of hydrogen-bond donors (Lipinski definition) is 1. The standard InChI is InChI=1S/C15H17NO5/c1-9-7-11(3-4-12(9)10(2)17)21-8-14(18)16-13-5-6-20-15(13)19/h3-4,7,13H,5-6,8H2,1-2H3,(H,16,18)/t13-/m0/s1. The van der Waals surface area contributed by atoms with E-state index in [9.17, 15) is 14.4 Å². The molecule has 0 unspecified atom stereocenters. The molecule has 0 spiro atoms. The molecule has 1 N–H and O–H groups in total. The first-order valence-corrected chi connectivity index (χ1v) is 6.68. The number of benzene rings is 1. The molecule has 112 valence electrons. The molecule has 6 nitrogen and oxygen atoms in total. The maximum atomic E-state index is 11.7. The van der Waals surface area contributed by atoms with E-state index in [0.717, 1.165) is 5.56 Å². The molecule has 0 aromatic heterocycles. The van der Waals surface area contributed by atoms with Crippen LogP contribution in [0.3, 0.4) is 0 Å². The minimum absolute atomic E-state index is 0.0171. The number of carbonyl (C=O) groups excluding carboxylic acids is 3. The highest BCUT2D eigenvalue weighted by Gasteiger charge is 2.27. The number of hydrogen-bond acceptors (Lipinski definition) is 5. The topological polar surface area (TPSA) is 81.7 Å². The van der Waals surface area contributed by atoms with Crippen molar-refractivity contribution in [2.45, 2.75) is 26.3 Å². The molecule has 2 rings (SSSR count).